The molecule has 25 heavy (non-hydrogen) atoms. The normalized spacial score (nSPS) is 26.2. The monoisotopic (exact) mass is 386 g/mol. The van der Waals surface area contributed by atoms with Gasteiger partial charge < -0.3 is 15.4 Å². The Morgan fingerprint density at radius 1 is 1.36 bits per heavy atom. The molecule has 2 bridgehead atoms. The summed E-state index contributed by atoms with van der Waals surface area (Å²) in [5.41, 5.74) is 0. The van der Waals surface area contributed by atoms with Crippen molar-refractivity contribution in [1.82, 2.24) is 15.4 Å². The minimum atomic E-state index is -3.46. The average molecular weight is 387 g/mol. The number of hydrogen-bond donors (Lipinski definition) is 3. The van der Waals surface area contributed by atoms with Gasteiger partial charge in [-0.25, -0.2) is 13.1 Å². The zero-order chi connectivity index (χ0) is 18.0. The maximum Gasteiger partial charge on any atom is 0.241 e. The number of thiophene rings is 1. The molecule has 0 aliphatic carbocycles. The van der Waals surface area contributed by atoms with Gasteiger partial charge in [-0.05, 0) is 39.2 Å². The highest BCUT2D eigenvalue weighted by atomic mass is 32.2. The second kappa shape index (κ2) is 7.61. The lowest BCUT2D eigenvalue weighted by Gasteiger charge is -2.22. The maximum absolute atomic E-state index is 12.4. The number of fused-ring (bicyclic) bond motifs is 2. The first-order chi connectivity index (χ1) is 11.9. The molecule has 0 spiro atoms. The average Bonchev–Trinajstić information content (AvgIpc) is 3.26. The van der Waals surface area contributed by atoms with Crippen LogP contribution in [0.1, 0.15) is 29.0 Å². The molecule has 2 aliphatic heterocycles. The zero-order valence-electron chi connectivity index (χ0n) is 14.8. The molecule has 1 aromatic rings. The lowest BCUT2D eigenvalue weighted by molar-refractivity contribution is 0.0992. The number of hydrogen-bond acceptors (Lipinski definition) is 5. The highest BCUT2D eigenvalue weighted by Crippen LogP contribution is 2.34. The van der Waals surface area contributed by atoms with E-state index in [9.17, 15) is 8.42 Å². The summed E-state index contributed by atoms with van der Waals surface area (Å²) in [6.45, 7) is 4.49. The highest BCUT2D eigenvalue weighted by Gasteiger charge is 2.41. The van der Waals surface area contributed by atoms with Gasteiger partial charge in [-0.15, -0.1) is 11.3 Å². The lowest BCUT2D eigenvalue weighted by atomic mass is 9.96. The SMILES string of the molecule is CN=C(NCCNS(=O)(=O)c1cc(C)sc1C)NC1CC2CCC1O2. The van der Waals surface area contributed by atoms with Crippen molar-refractivity contribution < 1.29 is 13.2 Å². The van der Waals surface area contributed by atoms with Crippen LogP contribution in [-0.4, -0.2) is 52.8 Å². The summed E-state index contributed by atoms with van der Waals surface area (Å²) in [5, 5.41) is 6.54. The van der Waals surface area contributed by atoms with E-state index in [0.29, 0.717) is 30.0 Å². The zero-order valence-corrected chi connectivity index (χ0v) is 16.5. The number of sulfonamides is 1. The minimum absolute atomic E-state index is 0.270. The molecule has 0 saturated carbocycles. The van der Waals surface area contributed by atoms with E-state index in [1.807, 2.05) is 13.8 Å². The van der Waals surface area contributed by atoms with Gasteiger partial charge in [0, 0.05) is 29.9 Å². The molecule has 7 nitrogen and oxygen atoms in total. The Balaban J connectivity index is 1.45. The van der Waals surface area contributed by atoms with Crippen LogP contribution in [0.3, 0.4) is 0 Å². The van der Waals surface area contributed by atoms with E-state index in [-0.39, 0.29) is 12.1 Å². The van der Waals surface area contributed by atoms with Crippen molar-refractivity contribution >= 4 is 27.3 Å². The Kier molecular flexibility index (Phi) is 5.67. The van der Waals surface area contributed by atoms with E-state index in [2.05, 4.69) is 20.3 Å². The van der Waals surface area contributed by atoms with E-state index in [1.54, 1.807) is 13.1 Å². The minimum Gasteiger partial charge on any atom is -0.373 e. The Hall–Kier alpha value is -1.16. The fourth-order valence-corrected chi connectivity index (χ4v) is 6.06. The lowest BCUT2D eigenvalue weighted by Crippen LogP contribution is -2.48. The fraction of sp³-hybridized carbons (Fsp3) is 0.688. The first-order valence-electron chi connectivity index (χ1n) is 8.58. The van der Waals surface area contributed by atoms with Gasteiger partial charge >= 0.3 is 0 Å². The van der Waals surface area contributed by atoms with Crippen LogP contribution >= 0.6 is 11.3 Å². The van der Waals surface area contributed by atoms with Crippen LogP contribution in [0.25, 0.3) is 0 Å². The third-order valence-electron chi connectivity index (χ3n) is 4.65. The van der Waals surface area contributed by atoms with Crippen molar-refractivity contribution in [2.24, 2.45) is 4.99 Å². The predicted octanol–water partition coefficient (Wildman–Crippen LogP) is 1.13. The van der Waals surface area contributed by atoms with Crippen LogP contribution in [0.4, 0.5) is 0 Å². The Morgan fingerprint density at radius 2 is 2.16 bits per heavy atom. The third kappa shape index (κ3) is 4.33. The molecule has 0 aromatic carbocycles. The molecular weight excluding hydrogens is 360 g/mol. The van der Waals surface area contributed by atoms with E-state index in [1.165, 1.54) is 11.3 Å². The second-order valence-electron chi connectivity index (χ2n) is 6.53. The fourth-order valence-electron chi connectivity index (χ4n) is 3.48. The van der Waals surface area contributed by atoms with Gasteiger partial charge in [-0.1, -0.05) is 0 Å². The number of aryl methyl sites for hydroxylation is 2. The van der Waals surface area contributed by atoms with Crippen LogP contribution in [0, 0.1) is 13.8 Å². The maximum atomic E-state index is 12.4. The van der Waals surface area contributed by atoms with E-state index in [0.717, 1.165) is 29.0 Å². The summed E-state index contributed by atoms with van der Waals surface area (Å²) in [7, 11) is -1.75. The van der Waals surface area contributed by atoms with E-state index < -0.39 is 10.0 Å². The van der Waals surface area contributed by atoms with Gasteiger partial charge in [0.15, 0.2) is 5.96 Å². The number of rotatable bonds is 6. The Bertz CT molecular complexity index is 745. The summed E-state index contributed by atoms with van der Waals surface area (Å²) in [6, 6.07) is 2.00. The summed E-state index contributed by atoms with van der Waals surface area (Å²) in [5.74, 6) is 0.683. The molecule has 3 unspecified atom stereocenters. The summed E-state index contributed by atoms with van der Waals surface area (Å²) in [6.07, 6.45) is 3.91. The first kappa shape index (κ1) is 18.6. The standard InChI is InChI=1S/C16H26N4O3S2/c1-10-8-15(11(2)24-10)25(21,22)19-7-6-18-16(17-3)20-13-9-12-4-5-14(13)23-12/h8,12-14,19H,4-7,9H2,1-3H3,(H2,17,18,20). The van der Waals surface area contributed by atoms with Crippen molar-refractivity contribution in [3.8, 4) is 0 Å². The van der Waals surface area contributed by atoms with Crippen molar-refractivity contribution in [3.63, 3.8) is 0 Å². The molecule has 9 heteroatoms. The van der Waals surface area contributed by atoms with Gasteiger partial charge in [0.05, 0.1) is 23.1 Å². The molecule has 0 amide bonds. The number of ether oxygens (including phenoxy) is 1. The largest absolute Gasteiger partial charge is 0.373 e. The second-order valence-corrected chi connectivity index (χ2v) is 9.73. The summed E-state index contributed by atoms with van der Waals surface area (Å²) >= 11 is 1.49. The molecule has 1 aromatic heterocycles. The van der Waals surface area contributed by atoms with Crippen LogP contribution < -0.4 is 15.4 Å². The Labute approximate surface area is 153 Å². The van der Waals surface area contributed by atoms with Crippen molar-refractivity contribution in [1.29, 1.82) is 0 Å². The Morgan fingerprint density at radius 3 is 2.72 bits per heavy atom. The molecule has 2 aliphatic rings. The van der Waals surface area contributed by atoms with Gasteiger partial charge in [0.2, 0.25) is 10.0 Å². The van der Waals surface area contributed by atoms with Crippen LogP contribution in [0.15, 0.2) is 16.0 Å². The van der Waals surface area contributed by atoms with Crippen LogP contribution in [0.5, 0.6) is 0 Å². The number of nitrogens with one attached hydrogen (secondary N) is 3. The molecule has 3 N–H and O–H groups in total. The smallest absolute Gasteiger partial charge is 0.241 e. The van der Waals surface area contributed by atoms with Crippen molar-refractivity contribution in [2.75, 3.05) is 20.1 Å². The molecule has 3 heterocycles. The highest BCUT2D eigenvalue weighted by molar-refractivity contribution is 7.89. The van der Waals surface area contributed by atoms with Gasteiger partial charge in [-0.2, -0.15) is 0 Å². The molecular formula is C16H26N4O3S2. The van der Waals surface area contributed by atoms with Crippen molar-refractivity contribution in [2.45, 2.75) is 56.3 Å². The third-order valence-corrected chi connectivity index (χ3v) is 7.33. The van der Waals surface area contributed by atoms with Gasteiger partial charge in [0.1, 0.15) is 0 Å². The summed E-state index contributed by atoms with van der Waals surface area (Å²) < 4.78 is 33.2. The molecule has 140 valence electrons. The van der Waals surface area contributed by atoms with Gasteiger partial charge in [-0.3, -0.25) is 4.99 Å². The predicted molar refractivity (Wildman–Crippen MR) is 99.8 cm³/mol. The number of nitrogens with zero attached hydrogens (tertiary/aromatic N) is 1. The quantitative estimate of drug-likeness (QED) is 0.387. The molecule has 3 atom stereocenters. The van der Waals surface area contributed by atoms with Crippen LogP contribution in [0.2, 0.25) is 0 Å². The molecule has 2 saturated heterocycles. The molecule has 3 rings (SSSR count). The van der Waals surface area contributed by atoms with E-state index in [4.69, 9.17) is 4.74 Å². The first-order valence-corrected chi connectivity index (χ1v) is 10.9. The molecule has 0 radical (unpaired) electrons. The molecule has 2 fully saturated rings. The topological polar surface area (TPSA) is 91.8 Å². The van der Waals surface area contributed by atoms with Crippen LogP contribution in [-0.2, 0) is 14.8 Å². The van der Waals surface area contributed by atoms with Crippen molar-refractivity contribution in [3.05, 3.63) is 15.8 Å². The number of aliphatic imine (C=N–C) groups is 1. The van der Waals surface area contributed by atoms with Gasteiger partial charge in [0.25, 0.3) is 0 Å². The number of guanidine groups is 1. The van der Waals surface area contributed by atoms with E-state index >= 15 is 0 Å². The summed E-state index contributed by atoms with van der Waals surface area (Å²) in [4.78, 5) is 6.39.